The van der Waals surface area contributed by atoms with Crippen molar-refractivity contribution in [3.63, 3.8) is 0 Å². The summed E-state index contributed by atoms with van der Waals surface area (Å²) in [4.78, 5) is 13.5. The predicted molar refractivity (Wildman–Crippen MR) is 113 cm³/mol. The summed E-state index contributed by atoms with van der Waals surface area (Å²) in [5, 5.41) is 21.9. The number of hydrogen-bond acceptors (Lipinski definition) is 7. The van der Waals surface area contributed by atoms with Crippen LogP contribution in [0.2, 0.25) is 0 Å². The van der Waals surface area contributed by atoms with Gasteiger partial charge in [-0.3, -0.25) is 0 Å². The summed E-state index contributed by atoms with van der Waals surface area (Å²) < 4.78 is 10.7. The molecule has 8 nitrogen and oxygen atoms in total. The lowest BCUT2D eigenvalue weighted by Gasteiger charge is -2.17. The number of rotatable bonds is 6. The van der Waals surface area contributed by atoms with Crippen LogP contribution in [0.5, 0.6) is 11.5 Å². The highest BCUT2D eigenvalue weighted by atomic mass is 32.2. The molecule has 3 aromatic rings. The zero-order valence-corrected chi connectivity index (χ0v) is 17.1. The van der Waals surface area contributed by atoms with E-state index in [2.05, 4.69) is 15.4 Å². The van der Waals surface area contributed by atoms with Crippen LogP contribution in [-0.4, -0.2) is 45.6 Å². The smallest absolute Gasteiger partial charge is 0.359 e. The molecular weight excluding hydrogens is 404 g/mol. The van der Waals surface area contributed by atoms with E-state index < -0.39 is 5.97 Å². The van der Waals surface area contributed by atoms with Crippen LogP contribution in [0.25, 0.3) is 6.08 Å². The van der Waals surface area contributed by atoms with Gasteiger partial charge in [0.05, 0.1) is 13.7 Å². The van der Waals surface area contributed by atoms with E-state index in [9.17, 15) is 9.90 Å². The van der Waals surface area contributed by atoms with Gasteiger partial charge in [0.25, 0.3) is 0 Å². The molecular formula is C21H18N4O4S. The zero-order valence-electron chi connectivity index (χ0n) is 16.3. The molecule has 0 amide bonds. The fourth-order valence-electron chi connectivity index (χ4n) is 2.88. The van der Waals surface area contributed by atoms with Crippen LogP contribution in [0, 0.1) is 0 Å². The van der Waals surface area contributed by atoms with Crippen LogP contribution in [0.1, 0.15) is 28.5 Å². The molecule has 1 aliphatic rings. The van der Waals surface area contributed by atoms with Crippen LogP contribution < -0.4 is 9.47 Å². The van der Waals surface area contributed by atoms with Crippen molar-refractivity contribution in [2.75, 3.05) is 13.7 Å². The highest BCUT2D eigenvalue weighted by Crippen LogP contribution is 2.37. The van der Waals surface area contributed by atoms with Crippen molar-refractivity contribution in [1.82, 2.24) is 15.1 Å². The molecule has 9 heteroatoms. The van der Waals surface area contributed by atoms with Gasteiger partial charge < -0.3 is 14.6 Å². The third kappa shape index (κ3) is 3.92. The summed E-state index contributed by atoms with van der Waals surface area (Å²) >= 11 is 1.27. The van der Waals surface area contributed by atoms with E-state index in [1.165, 1.54) is 16.6 Å². The lowest BCUT2D eigenvalue weighted by Crippen LogP contribution is -2.13. The molecule has 2 aromatic carbocycles. The number of ether oxygens (including phenoxy) is 2. The fourth-order valence-corrected chi connectivity index (χ4v) is 3.92. The first-order valence-corrected chi connectivity index (χ1v) is 9.96. The minimum atomic E-state index is -1.15. The Morgan fingerprint density at radius 3 is 2.47 bits per heavy atom. The predicted octanol–water partition coefficient (Wildman–Crippen LogP) is 3.78. The van der Waals surface area contributed by atoms with Crippen LogP contribution in [0.3, 0.4) is 0 Å². The van der Waals surface area contributed by atoms with Crippen molar-refractivity contribution in [1.29, 1.82) is 0 Å². The number of aromatic carboxylic acids is 1. The lowest BCUT2D eigenvalue weighted by atomic mass is 10.1. The molecule has 0 saturated heterocycles. The topological polar surface area (TPSA) is 98.8 Å². The largest absolute Gasteiger partial charge is 0.497 e. The van der Waals surface area contributed by atoms with Crippen LogP contribution in [-0.2, 0) is 0 Å². The van der Waals surface area contributed by atoms with Gasteiger partial charge in [-0.25, -0.2) is 4.79 Å². The SMILES string of the molecule is CCOc1ccc(C2=Nn3nnc(C(=O)O)c3S/C2=C\c2ccc(OC)cc2)cc1. The van der Waals surface area contributed by atoms with Gasteiger partial charge in [-0.1, -0.05) is 23.9 Å². The first-order valence-electron chi connectivity index (χ1n) is 9.14. The lowest BCUT2D eigenvalue weighted by molar-refractivity contribution is 0.0686. The maximum absolute atomic E-state index is 11.5. The third-order valence-electron chi connectivity index (χ3n) is 4.30. The molecule has 4 rings (SSSR count). The van der Waals surface area contributed by atoms with Crippen molar-refractivity contribution < 1.29 is 19.4 Å². The minimum absolute atomic E-state index is 0.130. The second-order valence-electron chi connectivity index (χ2n) is 6.23. The summed E-state index contributed by atoms with van der Waals surface area (Å²) in [5.41, 5.74) is 2.31. The number of fused-ring (bicyclic) bond motifs is 1. The number of thioether (sulfide) groups is 1. The molecule has 30 heavy (non-hydrogen) atoms. The molecule has 0 radical (unpaired) electrons. The highest BCUT2D eigenvalue weighted by molar-refractivity contribution is 8.04. The number of hydrogen-bond donors (Lipinski definition) is 1. The summed E-state index contributed by atoms with van der Waals surface area (Å²) in [6.45, 7) is 2.51. The molecule has 0 atom stereocenters. The molecule has 0 fully saturated rings. The average Bonchev–Trinajstić information content (AvgIpc) is 3.18. The second kappa shape index (κ2) is 8.42. The Balaban J connectivity index is 1.79. The van der Waals surface area contributed by atoms with Gasteiger partial charge in [-0.05, 0) is 60.2 Å². The van der Waals surface area contributed by atoms with Gasteiger partial charge in [0, 0.05) is 10.5 Å². The van der Waals surface area contributed by atoms with Crippen molar-refractivity contribution in [2.24, 2.45) is 5.10 Å². The Labute approximate surface area is 176 Å². The monoisotopic (exact) mass is 422 g/mol. The van der Waals surface area contributed by atoms with Gasteiger partial charge in [-0.2, -0.15) is 0 Å². The van der Waals surface area contributed by atoms with Crippen molar-refractivity contribution in [3.8, 4) is 11.5 Å². The maximum atomic E-state index is 11.5. The third-order valence-corrected chi connectivity index (χ3v) is 5.38. The van der Waals surface area contributed by atoms with Crippen molar-refractivity contribution in [2.45, 2.75) is 11.9 Å². The van der Waals surface area contributed by atoms with Gasteiger partial charge in [0.2, 0.25) is 5.69 Å². The first-order chi connectivity index (χ1) is 14.6. The molecule has 0 saturated carbocycles. The van der Waals surface area contributed by atoms with Crippen molar-refractivity contribution >= 4 is 29.5 Å². The molecule has 1 aromatic heterocycles. The van der Waals surface area contributed by atoms with Crippen LogP contribution >= 0.6 is 11.8 Å². The summed E-state index contributed by atoms with van der Waals surface area (Å²) in [5.74, 6) is 0.372. The van der Waals surface area contributed by atoms with Gasteiger partial charge >= 0.3 is 5.97 Å². The van der Waals surface area contributed by atoms with E-state index in [0.29, 0.717) is 17.3 Å². The number of allylic oxidation sites excluding steroid dienone is 1. The Bertz CT molecular complexity index is 1130. The van der Waals surface area contributed by atoms with Crippen molar-refractivity contribution in [3.05, 3.63) is 70.3 Å². The number of carbonyl (C=O) groups is 1. The van der Waals surface area contributed by atoms with E-state index in [1.807, 2.05) is 61.5 Å². The minimum Gasteiger partial charge on any atom is -0.497 e. The number of nitrogens with zero attached hydrogens (tertiary/aromatic N) is 4. The number of benzene rings is 2. The summed E-state index contributed by atoms with van der Waals surface area (Å²) in [6.07, 6.45) is 1.95. The standard InChI is InChI=1S/C21H18N4O4S/c1-3-29-16-10-6-14(7-11-16)18-17(12-13-4-8-15(28-2)9-5-13)30-20-19(21(26)27)22-24-25(20)23-18/h4-12H,3H2,1-2H3,(H,26,27)/b17-12-. The highest BCUT2D eigenvalue weighted by Gasteiger charge is 2.27. The van der Waals surface area contributed by atoms with Gasteiger partial charge in [0.15, 0.2) is 5.03 Å². The zero-order chi connectivity index (χ0) is 21.1. The van der Waals surface area contributed by atoms with E-state index in [4.69, 9.17) is 9.47 Å². The molecule has 0 aliphatic carbocycles. The Hall–Kier alpha value is -3.59. The molecule has 0 spiro atoms. The van der Waals surface area contributed by atoms with E-state index in [0.717, 1.165) is 27.5 Å². The van der Waals surface area contributed by atoms with E-state index >= 15 is 0 Å². The second-order valence-corrected chi connectivity index (χ2v) is 7.26. The normalized spacial score (nSPS) is 14.2. The average molecular weight is 422 g/mol. The first kappa shape index (κ1) is 19.7. The Morgan fingerprint density at radius 1 is 1.13 bits per heavy atom. The molecule has 2 heterocycles. The molecule has 1 N–H and O–H groups in total. The van der Waals surface area contributed by atoms with Crippen LogP contribution in [0.15, 0.2) is 63.6 Å². The van der Waals surface area contributed by atoms with E-state index in [-0.39, 0.29) is 5.69 Å². The summed E-state index contributed by atoms with van der Waals surface area (Å²) in [7, 11) is 1.61. The Morgan fingerprint density at radius 2 is 1.83 bits per heavy atom. The Kier molecular flexibility index (Phi) is 5.53. The fraction of sp³-hybridized carbons (Fsp3) is 0.143. The molecule has 152 valence electrons. The molecule has 0 unspecified atom stereocenters. The number of methoxy groups -OCH3 is 1. The van der Waals surface area contributed by atoms with Crippen LogP contribution in [0.4, 0.5) is 0 Å². The maximum Gasteiger partial charge on any atom is 0.359 e. The summed E-state index contributed by atoms with van der Waals surface area (Å²) in [6, 6.07) is 15.1. The molecule has 1 aliphatic heterocycles. The van der Waals surface area contributed by atoms with Gasteiger partial charge in [-0.15, -0.1) is 15.0 Å². The van der Waals surface area contributed by atoms with E-state index in [1.54, 1.807) is 7.11 Å². The number of carboxylic acids is 1. The molecule has 0 bridgehead atoms. The number of aromatic nitrogens is 3. The number of carboxylic acid groups (broad SMARTS) is 1. The quantitative estimate of drug-likeness (QED) is 0.645. The van der Waals surface area contributed by atoms with Gasteiger partial charge in [0.1, 0.15) is 17.2 Å².